The standard InChI is InChI=1S/C13H16N2O4/c1-8-5-6-14(12(8)13(16)17)11-4-3-10(15(18)19)7-9(11)2/h3-4,7-8,12H,5-6H2,1-2H3,(H,16,17). The first-order valence-corrected chi connectivity index (χ1v) is 6.16. The molecule has 1 aliphatic rings. The Morgan fingerprint density at radius 1 is 1.53 bits per heavy atom. The van der Waals surface area contributed by atoms with E-state index in [1.54, 1.807) is 13.0 Å². The van der Waals surface area contributed by atoms with E-state index in [-0.39, 0.29) is 11.6 Å². The van der Waals surface area contributed by atoms with Crippen molar-refractivity contribution in [3.8, 4) is 0 Å². The van der Waals surface area contributed by atoms with Crippen LogP contribution >= 0.6 is 0 Å². The number of nitro benzene ring substituents is 1. The number of hydrogen-bond donors (Lipinski definition) is 1. The third-order valence-corrected chi connectivity index (χ3v) is 3.65. The number of carboxylic acids is 1. The maximum Gasteiger partial charge on any atom is 0.326 e. The number of anilines is 1. The van der Waals surface area contributed by atoms with Crippen LogP contribution in [-0.2, 0) is 4.79 Å². The number of carbonyl (C=O) groups is 1. The molecule has 1 aromatic rings. The molecule has 2 unspecified atom stereocenters. The zero-order valence-corrected chi connectivity index (χ0v) is 10.9. The predicted molar refractivity (Wildman–Crippen MR) is 70.4 cm³/mol. The lowest BCUT2D eigenvalue weighted by Gasteiger charge is -2.26. The number of hydrogen-bond acceptors (Lipinski definition) is 4. The van der Waals surface area contributed by atoms with E-state index >= 15 is 0 Å². The van der Waals surface area contributed by atoms with E-state index in [1.807, 2.05) is 11.8 Å². The Hall–Kier alpha value is -2.11. The minimum absolute atomic E-state index is 0.0281. The molecule has 2 atom stereocenters. The first kappa shape index (κ1) is 13.3. The summed E-state index contributed by atoms with van der Waals surface area (Å²) >= 11 is 0. The molecule has 1 N–H and O–H groups in total. The maximum absolute atomic E-state index is 11.3. The molecular formula is C13H16N2O4. The third kappa shape index (κ3) is 2.38. The van der Waals surface area contributed by atoms with Gasteiger partial charge in [0.05, 0.1) is 4.92 Å². The molecule has 0 amide bonds. The monoisotopic (exact) mass is 264 g/mol. The first-order valence-electron chi connectivity index (χ1n) is 6.16. The molecule has 1 saturated heterocycles. The van der Waals surface area contributed by atoms with Crippen LogP contribution in [0.15, 0.2) is 18.2 Å². The van der Waals surface area contributed by atoms with Gasteiger partial charge in [-0.2, -0.15) is 0 Å². The van der Waals surface area contributed by atoms with E-state index < -0.39 is 16.9 Å². The lowest BCUT2D eigenvalue weighted by Crippen LogP contribution is -2.39. The van der Waals surface area contributed by atoms with Crippen molar-refractivity contribution in [2.24, 2.45) is 5.92 Å². The number of aryl methyl sites for hydroxylation is 1. The summed E-state index contributed by atoms with van der Waals surface area (Å²) in [6.07, 6.45) is 0.813. The van der Waals surface area contributed by atoms with Crippen LogP contribution < -0.4 is 4.90 Å². The van der Waals surface area contributed by atoms with Crippen molar-refractivity contribution in [1.82, 2.24) is 0 Å². The molecule has 0 radical (unpaired) electrons. The van der Waals surface area contributed by atoms with Gasteiger partial charge in [-0.15, -0.1) is 0 Å². The molecule has 0 saturated carbocycles. The molecule has 6 nitrogen and oxygen atoms in total. The number of carboxylic acid groups (broad SMARTS) is 1. The molecular weight excluding hydrogens is 248 g/mol. The second-order valence-corrected chi connectivity index (χ2v) is 4.97. The number of aliphatic carboxylic acids is 1. The smallest absolute Gasteiger partial charge is 0.326 e. The van der Waals surface area contributed by atoms with E-state index in [0.717, 1.165) is 17.7 Å². The topological polar surface area (TPSA) is 83.7 Å². The number of rotatable bonds is 3. The first-order chi connectivity index (χ1) is 8.91. The summed E-state index contributed by atoms with van der Waals surface area (Å²) in [7, 11) is 0. The van der Waals surface area contributed by atoms with Crippen LogP contribution in [0.3, 0.4) is 0 Å². The van der Waals surface area contributed by atoms with Gasteiger partial charge in [0.25, 0.3) is 5.69 Å². The average Bonchev–Trinajstić information content (AvgIpc) is 2.70. The number of nitro groups is 1. The second-order valence-electron chi connectivity index (χ2n) is 4.97. The molecule has 0 aliphatic carbocycles. The molecule has 1 fully saturated rings. The van der Waals surface area contributed by atoms with Gasteiger partial charge >= 0.3 is 5.97 Å². The summed E-state index contributed by atoms with van der Waals surface area (Å²) in [4.78, 5) is 23.4. The summed E-state index contributed by atoms with van der Waals surface area (Å²) in [6, 6.07) is 3.99. The van der Waals surface area contributed by atoms with Gasteiger partial charge in [0, 0.05) is 24.4 Å². The van der Waals surface area contributed by atoms with Crippen molar-refractivity contribution in [3.05, 3.63) is 33.9 Å². The fraction of sp³-hybridized carbons (Fsp3) is 0.462. The third-order valence-electron chi connectivity index (χ3n) is 3.65. The Labute approximate surface area is 110 Å². The van der Waals surface area contributed by atoms with E-state index in [1.165, 1.54) is 12.1 Å². The fourth-order valence-electron chi connectivity index (χ4n) is 2.67. The van der Waals surface area contributed by atoms with Crippen molar-refractivity contribution in [1.29, 1.82) is 0 Å². The molecule has 1 heterocycles. The van der Waals surface area contributed by atoms with Gasteiger partial charge in [0.2, 0.25) is 0 Å². The molecule has 2 rings (SSSR count). The van der Waals surface area contributed by atoms with Crippen LogP contribution in [0.1, 0.15) is 18.9 Å². The Kier molecular flexibility index (Phi) is 3.42. The SMILES string of the molecule is Cc1cc([N+](=O)[O-])ccc1N1CCC(C)C1C(=O)O. The van der Waals surface area contributed by atoms with E-state index in [4.69, 9.17) is 0 Å². The van der Waals surface area contributed by atoms with Crippen LogP contribution in [0.2, 0.25) is 0 Å². The van der Waals surface area contributed by atoms with Gasteiger partial charge in [-0.05, 0) is 30.9 Å². The van der Waals surface area contributed by atoms with Gasteiger partial charge in [0.1, 0.15) is 6.04 Å². The predicted octanol–water partition coefficient (Wildman–Crippen LogP) is 2.20. The van der Waals surface area contributed by atoms with Crippen molar-refractivity contribution in [2.45, 2.75) is 26.3 Å². The molecule has 102 valence electrons. The normalized spacial score (nSPS) is 22.5. The Balaban J connectivity index is 2.36. The van der Waals surface area contributed by atoms with Gasteiger partial charge in [-0.1, -0.05) is 6.92 Å². The van der Waals surface area contributed by atoms with Crippen LogP contribution in [0.5, 0.6) is 0 Å². The Morgan fingerprint density at radius 3 is 2.74 bits per heavy atom. The highest BCUT2D eigenvalue weighted by molar-refractivity contribution is 5.80. The quantitative estimate of drug-likeness (QED) is 0.668. The van der Waals surface area contributed by atoms with Gasteiger partial charge in [-0.25, -0.2) is 4.79 Å². The van der Waals surface area contributed by atoms with E-state index in [0.29, 0.717) is 6.54 Å². The van der Waals surface area contributed by atoms with Crippen molar-refractivity contribution < 1.29 is 14.8 Å². The highest BCUT2D eigenvalue weighted by Crippen LogP contribution is 2.33. The van der Waals surface area contributed by atoms with Gasteiger partial charge in [-0.3, -0.25) is 10.1 Å². The summed E-state index contributed by atoms with van der Waals surface area (Å²) in [5, 5.41) is 20.0. The highest BCUT2D eigenvalue weighted by Gasteiger charge is 2.37. The molecule has 6 heteroatoms. The van der Waals surface area contributed by atoms with Crippen LogP contribution in [-0.4, -0.2) is 28.6 Å². The minimum atomic E-state index is -0.845. The highest BCUT2D eigenvalue weighted by atomic mass is 16.6. The number of benzene rings is 1. The van der Waals surface area contributed by atoms with Crippen molar-refractivity contribution in [2.75, 3.05) is 11.4 Å². The Morgan fingerprint density at radius 2 is 2.21 bits per heavy atom. The van der Waals surface area contributed by atoms with Crippen LogP contribution in [0.25, 0.3) is 0 Å². The molecule has 0 spiro atoms. The Bertz CT molecular complexity index is 529. The zero-order chi connectivity index (χ0) is 14.2. The molecule has 19 heavy (non-hydrogen) atoms. The fourth-order valence-corrected chi connectivity index (χ4v) is 2.67. The maximum atomic E-state index is 11.3. The van der Waals surface area contributed by atoms with Crippen molar-refractivity contribution >= 4 is 17.3 Å². The van der Waals surface area contributed by atoms with Crippen LogP contribution in [0.4, 0.5) is 11.4 Å². The number of non-ortho nitro benzene ring substituents is 1. The summed E-state index contributed by atoms with van der Waals surface area (Å²) < 4.78 is 0. The molecule has 1 aromatic carbocycles. The average molecular weight is 264 g/mol. The lowest BCUT2D eigenvalue weighted by atomic mass is 10.0. The minimum Gasteiger partial charge on any atom is -0.480 e. The van der Waals surface area contributed by atoms with Gasteiger partial charge in [0.15, 0.2) is 0 Å². The van der Waals surface area contributed by atoms with E-state index in [2.05, 4.69) is 0 Å². The molecule has 0 aromatic heterocycles. The number of nitrogens with zero attached hydrogens (tertiary/aromatic N) is 2. The largest absolute Gasteiger partial charge is 0.480 e. The van der Waals surface area contributed by atoms with Crippen molar-refractivity contribution in [3.63, 3.8) is 0 Å². The second kappa shape index (κ2) is 4.87. The lowest BCUT2D eigenvalue weighted by molar-refractivity contribution is -0.384. The molecule has 1 aliphatic heterocycles. The van der Waals surface area contributed by atoms with Gasteiger partial charge < -0.3 is 10.0 Å². The summed E-state index contributed by atoms with van der Waals surface area (Å²) in [6.45, 7) is 4.35. The van der Waals surface area contributed by atoms with Crippen LogP contribution in [0, 0.1) is 23.0 Å². The summed E-state index contributed by atoms with van der Waals surface area (Å²) in [5.41, 5.74) is 1.53. The molecule has 0 bridgehead atoms. The zero-order valence-electron chi connectivity index (χ0n) is 10.9. The summed E-state index contributed by atoms with van der Waals surface area (Å²) in [5.74, 6) is -0.769. The van der Waals surface area contributed by atoms with E-state index in [9.17, 15) is 20.0 Å².